The number of aliphatic hydroxyl groups is 1. The van der Waals surface area contributed by atoms with Crippen molar-refractivity contribution in [2.24, 2.45) is 5.92 Å². The van der Waals surface area contributed by atoms with Crippen molar-refractivity contribution in [3.8, 4) is 5.75 Å². The summed E-state index contributed by atoms with van der Waals surface area (Å²) in [5, 5.41) is 10.5. The van der Waals surface area contributed by atoms with Crippen molar-refractivity contribution in [2.45, 2.75) is 44.8 Å². The summed E-state index contributed by atoms with van der Waals surface area (Å²) in [6, 6.07) is 6.41. The van der Waals surface area contributed by atoms with E-state index in [4.69, 9.17) is 16.3 Å². The zero-order valence-electron chi connectivity index (χ0n) is 12.6. The van der Waals surface area contributed by atoms with Crippen LogP contribution in [0.15, 0.2) is 18.2 Å². The molecule has 1 N–H and O–H groups in total. The van der Waals surface area contributed by atoms with E-state index in [9.17, 15) is 5.11 Å². The normalized spacial score (nSPS) is 26.8. The van der Waals surface area contributed by atoms with Gasteiger partial charge in [0.05, 0.1) is 11.1 Å². The minimum atomic E-state index is -0.112. The molecule has 1 aromatic rings. The van der Waals surface area contributed by atoms with E-state index in [2.05, 4.69) is 4.90 Å². The predicted octanol–water partition coefficient (Wildman–Crippen LogP) is 3.26. The van der Waals surface area contributed by atoms with Gasteiger partial charge in [-0.1, -0.05) is 17.7 Å². The van der Waals surface area contributed by atoms with E-state index in [1.165, 1.54) is 12.8 Å². The van der Waals surface area contributed by atoms with Crippen LogP contribution in [0.2, 0.25) is 5.02 Å². The lowest BCUT2D eigenvalue weighted by atomic mass is 9.96. The zero-order valence-corrected chi connectivity index (χ0v) is 13.4. The van der Waals surface area contributed by atoms with E-state index < -0.39 is 0 Å². The second-order valence-corrected chi connectivity index (χ2v) is 6.81. The van der Waals surface area contributed by atoms with Crippen LogP contribution in [-0.4, -0.2) is 41.8 Å². The molecule has 1 saturated heterocycles. The molecule has 0 aromatic heterocycles. The number of benzene rings is 1. The third kappa shape index (κ3) is 3.91. The van der Waals surface area contributed by atoms with E-state index in [-0.39, 0.29) is 6.10 Å². The Hall–Kier alpha value is -0.770. The molecule has 2 atom stereocenters. The maximum absolute atomic E-state index is 9.87. The lowest BCUT2D eigenvalue weighted by molar-refractivity contribution is 0.0262. The van der Waals surface area contributed by atoms with Crippen molar-refractivity contribution in [3.63, 3.8) is 0 Å². The van der Waals surface area contributed by atoms with Crippen molar-refractivity contribution < 1.29 is 9.84 Å². The summed E-state index contributed by atoms with van der Waals surface area (Å²) in [6.45, 7) is 4.59. The first-order valence-corrected chi connectivity index (χ1v) is 8.32. The number of rotatable bonds is 5. The molecule has 4 heteroatoms. The van der Waals surface area contributed by atoms with Crippen LogP contribution in [-0.2, 0) is 0 Å². The molecule has 0 radical (unpaired) electrons. The number of piperidine rings is 1. The number of ether oxygens (including phenoxy) is 1. The molecule has 0 unspecified atom stereocenters. The van der Waals surface area contributed by atoms with Crippen molar-refractivity contribution in [3.05, 3.63) is 28.8 Å². The van der Waals surface area contributed by atoms with Gasteiger partial charge in [-0.15, -0.1) is 0 Å². The topological polar surface area (TPSA) is 32.7 Å². The standard InChI is InChI=1S/C17H24ClNO2/c1-12-2-5-15(18)17(10-12)21-9-8-19-7-6-14(20)11-16(19)13-3-4-13/h2,5,10,13-14,16,20H,3-4,6-9,11H2,1H3/t14-,16+/m0/s1. The van der Waals surface area contributed by atoms with Gasteiger partial charge in [0.25, 0.3) is 0 Å². The largest absolute Gasteiger partial charge is 0.491 e. The Balaban J connectivity index is 1.53. The highest BCUT2D eigenvalue weighted by molar-refractivity contribution is 6.32. The van der Waals surface area contributed by atoms with Crippen molar-refractivity contribution in [1.29, 1.82) is 0 Å². The fraction of sp³-hybridized carbons (Fsp3) is 0.647. The Kier molecular flexibility index (Phi) is 4.72. The van der Waals surface area contributed by atoms with Gasteiger partial charge in [-0.05, 0) is 56.2 Å². The molecule has 0 amide bonds. The van der Waals surface area contributed by atoms with Crippen LogP contribution in [0, 0.1) is 12.8 Å². The lowest BCUT2D eigenvalue weighted by Crippen LogP contribution is -2.47. The molecule has 116 valence electrons. The smallest absolute Gasteiger partial charge is 0.138 e. The van der Waals surface area contributed by atoms with Gasteiger partial charge >= 0.3 is 0 Å². The fourth-order valence-electron chi connectivity index (χ4n) is 3.27. The van der Waals surface area contributed by atoms with E-state index in [1.54, 1.807) is 0 Å². The molecule has 3 rings (SSSR count). The molecule has 1 aliphatic carbocycles. The molecule has 2 fully saturated rings. The predicted molar refractivity (Wildman–Crippen MR) is 85.0 cm³/mol. The zero-order chi connectivity index (χ0) is 14.8. The van der Waals surface area contributed by atoms with Crippen molar-refractivity contribution in [2.75, 3.05) is 19.7 Å². The van der Waals surface area contributed by atoms with Crippen LogP contribution >= 0.6 is 11.6 Å². The molecule has 3 nitrogen and oxygen atoms in total. The van der Waals surface area contributed by atoms with Crippen LogP contribution in [0.25, 0.3) is 0 Å². The number of aliphatic hydroxyl groups excluding tert-OH is 1. The first-order chi connectivity index (χ1) is 10.1. The Morgan fingerprint density at radius 2 is 2.14 bits per heavy atom. The second-order valence-electron chi connectivity index (χ2n) is 6.40. The first-order valence-electron chi connectivity index (χ1n) is 7.94. The average Bonchev–Trinajstić information content (AvgIpc) is 3.28. The van der Waals surface area contributed by atoms with E-state index >= 15 is 0 Å². The number of halogens is 1. The highest BCUT2D eigenvalue weighted by atomic mass is 35.5. The Morgan fingerprint density at radius 1 is 1.33 bits per heavy atom. The number of hydrogen-bond acceptors (Lipinski definition) is 3. The molecule has 0 spiro atoms. The van der Waals surface area contributed by atoms with Gasteiger partial charge in [-0.2, -0.15) is 0 Å². The Labute approximate surface area is 131 Å². The van der Waals surface area contributed by atoms with Gasteiger partial charge < -0.3 is 9.84 Å². The molecule has 1 saturated carbocycles. The summed E-state index contributed by atoms with van der Waals surface area (Å²) in [4.78, 5) is 2.49. The number of nitrogens with zero attached hydrogens (tertiary/aromatic N) is 1. The lowest BCUT2D eigenvalue weighted by Gasteiger charge is -2.38. The van der Waals surface area contributed by atoms with Gasteiger partial charge in [0, 0.05) is 19.1 Å². The molecule has 0 bridgehead atoms. The van der Waals surface area contributed by atoms with Gasteiger partial charge in [0.15, 0.2) is 0 Å². The van der Waals surface area contributed by atoms with E-state index in [1.807, 2.05) is 25.1 Å². The quantitative estimate of drug-likeness (QED) is 0.906. The van der Waals surface area contributed by atoms with Crippen molar-refractivity contribution >= 4 is 11.6 Å². The molecular formula is C17H24ClNO2. The molecule has 2 aliphatic rings. The van der Waals surface area contributed by atoms with E-state index in [0.717, 1.165) is 43.2 Å². The van der Waals surface area contributed by atoms with Gasteiger partial charge in [-0.3, -0.25) is 4.90 Å². The SMILES string of the molecule is Cc1ccc(Cl)c(OCCN2CC[C@H](O)C[C@@H]2C2CC2)c1. The van der Waals surface area contributed by atoms with Gasteiger partial charge in [-0.25, -0.2) is 0 Å². The van der Waals surface area contributed by atoms with Crippen LogP contribution in [0.5, 0.6) is 5.75 Å². The monoisotopic (exact) mass is 309 g/mol. The maximum Gasteiger partial charge on any atom is 0.138 e. The summed E-state index contributed by atoms with van der Waals surface area (Å²) in [7, 11) is 0. The Morgan fingerprint density at radius 3 is 2.90 bits per heavy atom. The molecular weight excluding hydrogens is 286 g/mol. The molecule has 1 aromatic carbocycles. The summed E-state index contributed by atoms with van der Waals surface area (Å²) in [5.74, 6) is 1.57. The summed E-state index contributed by atoms with van der Waals surface area (Å²) in [6.07, 6.45) is 4.33. The van der Waals surface area contributed by atoms with Gasteiger partial charge in [0.2, 0.25) is 0 Å². The average molecular weight is 310 g/mol. The second kappa shape index (κ2) is 6.55. The van der Waals surface area contributed by atoms with Crippen LogP contribution in [0.1, 0.15) is 31.2 Å². The van der Waals surface area contributed by atoms with Crippen LogP contribution in [0.3, 0.4) is 0 Å². The number of hydrogen-bond donors (Lipinski definition) is 1. The number of likely N-dealkylation sites (tertiary alicyclic amines) is 1. The highest BCUT2D eigenvalue weighted by Gasteiger charge is 2.38. The summed E-state index contributed by atoms with van der Waals surface area (Å²) < 4.78 is 5.86. The first kappa shape index (κ1) is 15.1. The molecule has 1 heterocycles. The minimum Gasteiger partial charge on any atom is -0.491 e. The summed E-state index contributed by atoms with van der Waals surface area (Å²) >= 11 is 6.15. The molecule has 1 aliphatic heterocycles. The van der Waals surface area contributed by atoms with E-state index in [0.29, 0.717) is 17.7 Å². The summed E-state index contributed by atoms with van der Waals surface area (Å²) in [5.41, 5.74) is 1.16. The minimum absolute atomic E-state index is 0.112. The van der Waals surface area contributed by atoms with Gasteiger partial charge in [0.1, 0.15) is 12.4 Å². The fourth-order valence-corrected chi connectivity index (χ4v) is 3.44. The van der Waals surface area contributed by atoms with Crippen LogP contribution < -0.4 is 4.74 Å². The Bertz CT molecular complexity index is 490. The highest BCUT2D eigenvalue weighted by Crippen LogP contribution is 2.39. The molecule has 21 heavy (non-hydrogen) atoms. The van der Waals surface area contributed by atoms with Crippen LogP contribution in [0.4, 0.5) is 0 Å². The van der Waals surface area contributed by atoms with Crippen molar-refractivity contribution in [1.82, 2.24) is 4.90 Å². The third-order valence-corrected chi connectivity index (χ3v) is 4.93. The third-order valence-electron chi connectivity index (χ3n) is 4.62. The number of aryl methyl sites for hydroxylation is 1. The maximum atomic E-state index is 9.87.